The van der Waals surface area contributed by atoms with Crippen LogP contribution in [0.2, 0.25) is 0 Å². The van der Waals surface area contributed by atoms with Crippen LogP contribution in [0.3, 0.4) is 0 Å². The van der Waals surface area contributed by atoms with Crippen molar-refractivity contribution >= 4 is 15.9 Å². The lowest BCUT2D eigenvalue weighted by molar-refractivity contribution is 1.13. The van der Waals surface area contributed by atoms with Crippen LogP contribution in [0, 0.1) is 20.8 Å². The lowest BCUT2D eigenvalue weighted by Gasteiger charge is -2.07. The predicted octanol–water partition coefficient (Wildman–Crippen LogP) is 3.55. The molecular weight excluding hydrogens is 212 g/mol. The maximum absolute atomic E-state index is 3.45. The zero-order chi connectivity index (χ0) is 9.14. The Morgan fingerprint density at radius 3 is 2.00 bits per heavy atom. The molecule has 0 nitrogen and oxygen atoms in total. The zero-order valence-electron chi connectivity index (χ0n) is 7.95. The Hall–Kier alpha value is -0.300. The van der Waals surface area contributed by atoms with Crippen LogP contribution < -0.4 is 0 Å². The van der Waals surface area contributed by atoms with E-state index in [1.165, 1.54) is 22.3 Å². The molecule has 1 aromatic carbocycles. The molecule has 0 aliphatic rings. The van der Waals surface area contributed by atoms with Gasteiger partial charge in [0.15, 0.2) is 0 Å². The molecule has 0 amide bonds. The highest BCUT2D eigenvalue weighted by Crippen LogP contribution is 2.16. The molecule has 1 heteroatoms. The molecule has 0 bridgehead atoms. The highest BCUT2D eigenvalue weighted by atomic mass is 79.9. The van der Waals surface area contributed by atoms with Crippen molar-refractivity contribution in [3.05, 3.63) is 34.4 Å². The van der Waals surface area contributed by atoms with Gasteiger partial charge in [0.1, 0.15) is 0 Å². The van der Waals surface area contributed by atoms with Crippen molar-refractivity contribution in [2.24, 2.45) is 0 Å². The third-order valence-electron chi connectivity index (χ3n) is 2.37. The van der Waals surface area contributed by atoms with Crippen LogP contribution in [-0.4, -0.2) is 5.33 Å². The molecule has 0 fully saturated rings. The number of alkyl halides is 1. The van der Waals surface area contributed by atoms with Gasteiger partial charge < -0.3 is 0 Å². The van der Waals surface area contributed by atoms with Crippen LogP contribution in [0.4, 0.5) is 0 Å². The molecule has 0 saturated heterocycles. The van der Waals surface area contributed by atoms with Gasteiger partial charge >= 0.3 is 0 Å². The van der Waals surface area contributed by atoms with Gasteiger partial charge in [0.25, 0.3) is 0 Å². The van der Waals surface area contributed by atoms with Crippen molar-refractivity contribution in [1.82, 2.24) is 0 Å². The van der Waals surface area contributed by atoms with Crippen molar-refractivity contribution in [2.75, 3.05) is 5.33 Å². The first kappa shape index (κ1) is 9.79. The van der Waals surface area contributed by atoms with E-state index in [-0.39, 0.29) is 0 Å². The Morgan fingerprint density at radius 2 is 1.58 bits per heavy atom. The van der Waals surface area contributed by atoms with E-state index in [9.17, 15) is 0 Å². The highest BCUT2D eigenvalue weighted by Gasteiger charge is 1.99. The van der Waals surface area contributed by atoms with Gasteiger partial charge in [-0.3, -0.25) is 0 Å². The lowest BCUT2D eigenvalue weighted by Crippen LogP contribution is -1.92. The second-order valence-corrected chi connectivity index (χ2v) is 4.09. The lowest BCUT2D eigenvalue weighted by atomic mass is 10.00. The summed E-state index contributed by atoms with van der Waals surface area (Å²) in [5, 5.41) is 1.05. The fourth-order valence-electron chi connectivity index (χ4n) is 1.38. The fourth-order valence-corrected chi connectivity index (χ4v) is 1.84. The fraction of sp³-hybridized carbons (Fsp3) is 0.455. The number of benzene rings is 1. The highest BCUT2D eigenvalue weighted by molar-refractivity contribution is 9.09. The standard InChI is InChI=1S/C11H15Br/c1-8-6-11(4-5-12)7-9(2)10(8)3/h6-7H,4-5H2,1-3H3. The summed E-state index contributed by atoms with van der Waals surface area (Å²) in [5.41, 5.74) is 5.68. The summed E-state index contributed by atoms with van der Waals surface area (Å²) in [6, 6.07) is 4.56. The molecule has 0 unspecified atom stereocenters. The molecule has 0 spiro atoms. The topological polar surface area (TPSA) is 0 Å². The van der Waals surface area contributed by atoms with Crippen LogP contribution >= 0.6 is 15.9 Å². The van der Waals surface area contributed by atoms with E-state index in [2.05, 4.69) is 48.8 Å². The first-order valence-corrected chi connectivity index (χ1v) is 5.40. The van der Waals surface area contributed by atoms with Crippen LogP contribution in [-0.2, 0) is 6.42 Å². The quantitative estimate of drug-likeness (QED) is 0.678. The van der Waals surface area contributed by atoms with Gasteiger partial charge in [-0.2, -0.15) is 0 Å². The Labute approximate surface area is 83.1 Å². The summed E-state index contributed by atoms with van der Waals surface area (Å²) < 4.78 is 0. The summed E-state index contributed by atoms with van der Waals surface area (Å²) >= 11 is 3.45. The zero-order valence-corrected chi connectivity index (χ0v) is 9.53. The molecule has 0 heterocycles. The van der Waals surface area contributed by atoms with E-state index in [4.69, 9.17) is 0 Å². The largest absolute Gasteiger partial charge is 0.0924 e. The van der Waals surface area contributed by atoms with Crippen molar-refractivity contribution in [3.63, 3.8) is 0 Å². The average molecular weight is 227 g/mol. The molecule has 0 atom stereocenters. The molecule has 1 rings (SSSR count). The second kappa shape index (κ2) is 4.08. The molecule has 0 aliphatic heterocycles. The molecule has 0 aromatic heterocycles. The third-order valence-corrected chi connectivity index (χ3v) is 2.77. The van der Waals surface area contributed by atoms with Gasteiger partial charge in [-0.25, -0.2) is 0 Å². The number of aryl methyl sites for hydroxylation is 3. The monoisotopic (exact) mass is 226 g/mol. The summed E-state index contributed by atoms with van der Waals surface area (Å²) in [6.07, 6.45) is 1.13. The first-order chi connectivity index (χ1) is 5.65. The van der Waals surface area contributed by atoms with Crippen LogP contribution in [0.1, 0.15) is 22.3 Å². The Bertz CT molecular complexity index is 253. The Kier molecular flexibility index (Phi) is 3.33. The van der Waals surface area contributed by atoms with E-state index in [0.717, 1.165) is 11.8 Å². The molecule has 0 radical (unpaired) electrons. The van der Waals surface area contributed by atoms with Gasteiger partial charge in [-0.05, 0) is 49.4 Å². The van der Waals surface area contributed by atoms with E-state index in [1.807, 2.05) is 0 Å². The van der Waals surface area contributed by atoms with E-state index >= 15 is 0 Å². The minimum Gasteiger partial charge on any atom is -0.0924 e. The van der Waals surface area contributed by atoms with Crippen LogP contribution in [0.5, 0.6) is 0 Å². The Balaban J connectivity index is 3.04. The Morgan fingerprint density at radius 1 is 1.08 bits per heavy atom. The molecule has 66 valence electrons. The van der Waals surface area contributed by atoms with Gasteiger partial charge in [0, 0.05) is 5.33 Å². The van der Waals surface area contributed by atoms with Gasteiger partial charge in [0.05, 0.1) is 0 Å². The summed E-state index contributed by atoms with van der Waals surface area (Å²) in [4.78, 5) is 0. The van der Waals surface area contributed by atoms with Crippen molar-refractivity contribution in [1.29, 1.82) is 0 Å². The van der Waals surface area contributed by atoms with Gasteiger partial charge in [-0.1, -0.05) is 28.1 Å². The van der Waals surface area contributed by atoms with E-state index in [1.54, 1.807) is 0 Å². The maximum atomic E-state index is 3.45. The number of rotatable bonds is 2. The maximum Gasteiger partial charge on any atom is 0.00718 e. The smallest absolute Gasteiger partial charge is 0.00718 e. The minimum atomic E-state index is 1.05. The summed E-state index contributed by atoms with van der Waals surface area (Å²) in [7, 11) is 0. The van der Waals surface area contributed by atoms with Gasteiger partial charge in [-0.15, -0.1) is 0 Å². The normalized spacial score (nSPS) is 10.3. The molecular formula is C11H15Br. The molecule has 12 heavy (non-hydrogen) atoms. The third kappa shape index (κ3) is 2.10. The summed E-state index contributed by atoms with van der Waals surface area (Å²) in [6.45, 7) is 6.54. The SMILES string of the molecule is Cc1cc(CCBr)cc(C)c1C. The molecule has 0 aliphatic carbocycles. The minimum absolute atomic E-state index is 1.05. The molecule has 0 saturated carbocycles. The number of halogens is 1. The van der Waals surface area contributed by atoms with Crippen LogP contribution in [0.15, 0.2) is 12.1 Å². The van der Waals surface area contributed by atoms with Gasteiger partial charge in [0.2, 0.25) is 0 Å². The second-order valence-electron chi connectivity index (χ2n) is 3.29. The van der Waals surface area contributed by atoms with E-state index in [0.29, 0.717) is 0 Å². The van der Waals surface area contributed by atoms with Crippen LogP contribution in [0.25, 0.3) is 0 Å². The number of hydrogen-bond acceptors (Lipinski definition) is 0. The van der Waals surface area contributed by atoms with Crippen molar-refractivity contribution in [3.8, 4) is 0 Å². The number of hydrogen-bond donors (Lipinski definition) is 0. The van der Waals surface area contributed by atoms with E-state index < -0.39 is 0 Å². The van der Waals surface area contributed by atoms with Crippen molar-refractivity contribution in [2.45, 2.75) is 27.2 Å². The molecule has 0 N–H and O–H groups in total. The predicted molar refractivity (Wildman–Crippen MR) is 58.2 cm³/mol. The summed E-state index contributed by atoms with van der Waals surface area (Å²) in [5.74, 6) is 0. The molecule has 1 aromatic rings. The first-order valence-electron chi connectivity index (χ1n) is 4.28. The van der Waals surface area contributed by atoms with Crippen molar-refractivity contribution < 1.29 is 0 Å². The average Bonchev–Trinajstić information content (AvgIpc) is 2.01.